The monoisotopic (exact) mass is 254 g/mol. The van der Waals surface area contributed by atoms with Gasteiger partial charge in [0, 0.05) is 24.4 Å². The summed E-state index contributed by atoms with van der Waals surface area (Å²) in [7, 11) is 1.65. The maximum absolute atomic E-state index is 5.27. The number of ether oxygens (including phenoxy) is 2. The van der Waals surface area contributed by atoms with Crippen LogP contribution in [0.15, 0.2) is 35.2 Å². The molecule has 1 aromatic rings. The number of hydrogen-bond acceptors (Lipinski definition) is 3. The minimum Gasteiger partial charge on any atom is -0.359 e. The molecule has 0 heterocycles. The minimum absolute atomic E-state index is 0.410. The van der Waals surface area contributed by atoms with E-state index < -0.39 is 0 Å². The maximum atomic E-state index is 5.27. The zero-order chi connectivity index (χ0) is 12.3. The summed E-state index contributed by atoms with van der Waals surface area (Å²) in [4.78, 5) is 1.36. The predicted molar refractivity (Wildman–Crippen MR) is 73.4 cm³/mol. The Morgan fingerprint density at radius 3 is 2.71 bits per heavy atom. The van der Waals surface area contributed by atoms with Crippen molar-refractivity contribution in [2.75, 3.05) is 26.3 Å². The van der Waals surface area contributed by atoms with Crippen LogP contribution >= 0.6 is 11.8 Å². The van der Waals surface area contributed by atoms with Crippen molar-refractivity contribution < 1.29 is 9.47 Å². The van der Waals surface area contributed by atoms with Gasteiger partial charge in [0.1, 0.15) is 6.79 Å². The van der Waals surface area contributed by atoms with Crippen LogP contribution in [0, 0.1) is 5.92 Å². The van der Waals surface area contributed by atoms with Crippen molar-refractivity contribution in [1.29, 1.82) is 0 Å². The van der Waals surface area contributed by atoms with E-state index in [0.29, 0.717) is 6.79 Å². The van der Waals surface area contributed by atoms with Crippen molar-refractivity contribution in [3.8, 4) is 0 Å². The SMILES string of the molecule is COCOCCC[C@H](C)CSc1ccccc1. The van der Waals surface area contributed by atoms with Gasteiger partial charge in [-0.05, 0) is 30.9 Å². The summed E-state index contributed by atoms with van der Waals surface area (Å²) >= 11 is 1.93. The summed E-state index contributed by atoms with van der Waals surface area (Å²) in [6.45, 7) is 3.51. The van der Waals surface area contributed by atoms with Gasteiger partial charge < -0.3 is 9.47 Å². The van der Waals surface area contributed by atoms with E-state index in [1.54, 1.807) is 7.11 Å². The summed E-state index contributed by atoms with van der Waals surface area (Å²) in [6, 6.07) is 10.6. The molecule has 0 fully saturated rings. The van der Waals surface area contributed by atoms with Gasteiger partial charge in [0.05, 0.1) is 0 Å². The normalized spacial score (nSPS) is 12.6. The molecule has 0 amide bonds. The lowest BCUT2D eigenvalue weighted by Crippen LogP contribution is -2.03. The Morgan fingerprint density at radius 2 is 2.00 bits per heavy atom. The molecule has 0 aliphatic carbocycles. The molecule has 1 aromatic carbocycles. The van der Waals surface area contributed by atoms with Crippen molar-refractivity contribution in [2.24, 2.45) is 5.92 Å². The number of hydrogen-bond donors (Lipinski definition) is 0. The number of thioether (sulfide) groups is 1. The topological polar surface area (TPSA) is 18.5 Å². The van der Waals surface area contributed by atoms with Crippen LogP contribution in [0.25, 0.3) is 0 Å². The first-order valence-electron chi connectivity index (χ1n) is 6.07. The van der Waals surface area contributed by atoms with Crippen molar-refractivity contribution in [3.05, 3.63) is 30.3 Å². The van der Waals surface area contributed by atoms with Crippen LogP contribution in [0.4, 0.5) is 0 Å². The molecule has 0 aliphatic rings. The Morgan fingerprint density at radius 1 is 1.24 bits per heavy atom. The third-order valence-corrected chi connectivity index (χ3v) is 3.81. The summed E-state index contributed by atoms with van der Waals surface area (Å²) in [5, 5.41) is 0. The molecule has 1 rings (SSSR count). The molecule has 0 radical (unpaired) electrons. The molecule has 2 nitrogen and oxygen atoms in total. The van der Waals surface area contributed by atoms with Crippen LogP contribution < -0.4 is 0 Å². The molecule has 0 spiro atoms. The third-order valence-electron chi connectivity index (χ3n) is 2.46. The van der Waals surface area contributed by atoms with Crippen molar-refractivity contribution in [2.45, 2.75) is 24.7 Å². The molecular formula is C14H22O2S. The molecule has 0 N–H and O–H groups in total. The zero-order valence-electron chi connectivity index (χ0n) is 10.7. The smallest absolute Gasteiger partial charge is 0.146 e. The summed E-state index contributed by atoms with van der Waals surface area (Å²) in [5.41, 5.74) is 0. The quantitative estimate of drug-likeness (QED) is 0.379. The molecule has 0 saturated heterocycles. The van der Waals surface area contributed by atoms with Crippen LogP contribution in [0.1, 0.15) is 19.8 Å². The van der Waals surface area contributed by atoms with E-state index in [1.807, 2.05) is 11.8 Å². The molecule has 0 unspecified atom stereocenters. The first-order chi connectivity index (χ1) is 8.33. The summed E-state index contributed by atoms with van der Waals surface area (Å²) in [6.07, 6.45) is 2.32. The molecule has 96 valence electrons. The van der Waals surface area contributed by atoms with E-state index in [1.165, 1.54) is 17.1 Å². The Hall–Kier alpha value is -0.510. The maximum Gasteiger partial charge on any atom is 0.146 e. The highest BCUT2D eigenvalue weighted by molar-refractivity contribution is 7.99. The average Bonchev–Trinajstić information content (AvgIpc) is 2.37. The molecule has 0 aromatic heterocycles. The third kappa shape index (κ3) is 7.42. The number of rotatable bonds is 9. The predicted octanol–water partition coefficient (Wildman–Crippen LogP) is 3.82. The van der Waals surface area contributed by atoms with Crippen LogP contribution in [0.5, 0.6) is 0 Å². The minimum atomic E-state index is 0.410. The van der Waals surface area contributed by atoms with E-state index in [-0.39, 0.29) is 0 Å². The highest BCUT2D eigenvalue weighted by Crippen LogP contribution is 2.21. The lowest BCUT2D eigenvalue weighted by Gasteiger charge is -2.10. The van der Waals surface area contributed by atoms with Gasteiger partial charge in [-0.15, -0.1) is 11.8 Å². The molecule has 1 atom stereocenters. The van der Waals surface area contributed by atoms with Gasteiger partial charge >= 0.3 is 0 Å². The number of benzene rings is 1. The van der Waals surface area contributed by atoms with E-state index in [4.69, 9.17) is 9.47 Å². The zero-order valence-corrected chi connectivity index (χ0v) is 11.5. The van der Waals surface area contributed by atoms with Crippen molar-refractivity contribution in [1.82, 2.24) is 0 Å². The largest absolute Gasteiger partial charge is 0.359 e. The molecule has 0 saturated carbocycles. The van der Waals surface area contributed by atoms with Gasteiger partial charge in [-0.25, -0.2) is 0 Å². The molecule has 17 heavy (non-hydrogen) atoms. The van der Waals surface area contributed by atoms with E-state index >= 15 is 0 Å². The highest BCUT2D eigenvalue weighted by atomic mass is 32.2. The fourth-order valence-electron chi connectivity index (χ4n) is 1.51. The van der Waals surface area contributed by atoms with Crippen molar-refractivity contribution in [3.63, 3.8) is 0 Å². The van der Waals surface area contributed by atoms with E-state index in [0.717, 1.165) is 18.9 Å². The van der Waals surface area contributed by atoms with Crippen LogP contribution in [-0.4, -0.2) is 26.3 Å². The number of methoxy groups -OCH3 is 1. The first kappa shape index (κ1) is 14.6. The summed E-state index contributed by atoms with van der Waals surface area (Å²) < 4.78 is 10.1. The van der Waals surface area contributed by atoms with Gasteiger partial charge in [0.25, 0.3) is 0 Å². The fourth-order valence-corrected chi connectivity index (χ4v) is 2.51. The lowest BCUT2D eigenvalue weighted by molar-refractivity contribution is -0.0320. The molecule has 0 aliphatic heterocycles. The van der Waals surface area contributed by atoms with Gasteiger partial charge in [-0.1, -0.05) is 25.1 Å². The molecule has 3 heteroatoms. The highest BCUT2D eigenvalue weighted by Gasteiger charge is 2.03. The van der Waals surface area contributed by atoms with Gasteiger partial charge in [-0.2, -0.15) is 0 Å². The molecular weight excluding hydrogens is 232 g/mol. The first-order valence-corrected chi connectivity index (χ1v) is 7.06. The Bertz CT molecular complexity index is 277. The second-order valence-corrected chi connectivity index (χ2v) is 5.28. The Kier molecular flexibility index (Phi) is 8.14. The summed E-state index contributed by atoms with van der Waals surface area (Å²) in [5.74, 6) is 1.90. The standard InChI is InChI=1S/C14H22O2S/c1-13(7-6-10-16-12-15-2)11-17-14-8-4-3-5-9-14/h3-5,8-9,13H,6-7,10-12H2,1-2H3/t13-/m0/s1. The Labute approximate surface area is 109 Å². The lowest BCUT2D eigenvalue weighted by atomic mass is 10.1. The second kappa shape index (κ2) is 9.51. The second-order valence-electron chi connectivity index (χ2n) is 4.19. The van der Waals surface area contributed by atoms with Crippen molar-refractivity contribution >= 4 is 11.8 Å². The van der Waals surface area contributed by atoms with E-state index in [9.17, 15) is 0 Å². The van der Waals surface area contributed by atoms with Gasteiger partial charge in [0.2, 0.25) is 0 Å². The van der Waals surface area contributed by atoms with Crippen LogP contribution in [0.2, 0.25) is 0 Å². The van der Waals surface area contributed by atoms with Crippen LogP contribution in [-0.2, 0) is 9.47 Å². The van der Waals surface area contributed by atoms with Gasteiger partial charge in [-0.3, -0.25) is 0 Å². The fraction of sp³-hybridized carbons (Fsp3) is 0.571. The van der Waals surface area contributed by atoms with E-state index in [2.05, 4.69) is 37.3 Å². The van der Waals surface area contributed by atoms with Crippen LogP contribution in [0.3, 0.4) is 0 Å². The molecule has 0 bridgehead atoms. The Balaban J connectivity index is 2.03. The van der Waals surface area contributed by atoms with Gasteiger partial charge in [0.15, 0.2) is 0 Å². The average molecular weight is 254 g/mol.